The molecule has 0 heterocycles. The summed E-state index contributed by atoms with van der Waals surface area (Å²) >= 11 is 6.61. The number of halogens is 2. The number of nitrogens with two attached hydrogens (primary N) is 1. The summed E-state index contributed by atoms with van der Waals surface area (Å²) in [5.41, 5.74) is 5.43. The highest BCUT2D eigenvalue weighted by molar-refractivity contribution is 9.11. The van der Waals surface area contributed by atoms with Crippen molar-refractivity contribution in [1.29, 1.82) is 0 Å². The van der Waals surface area contributed by atoms with E-state index in [4.69, 9.17) is 10.5 Å². The van der Waals surface area contributed by atoms with Gasteiger partial charge in [0.05, 0.1) is 6.61 Å². The minimum Gasteiger partial charge on any atom is -0.370 e. The predicted octanol–water partition coefficient (Wildman–Crippen LogP) is 1.44. The Kier molecular flexibility index (Phi) is 6.31. The second-order valence-corrected chi connectivity index (χ2v) is 5.26. The third kappa shape index (κ3) is 5.61. The first kappa shape index (κ1) is 15.1. The summed E-state index contributed by atoms with van der Waals surface area (Å²) in [4.78, 5) is 22.1. The predicted molar refractivity (Wildman–Crippen MR) is 74.2 cm³/mol. The fourth-order valence-corrected chi connectivity index (χ4v) is 2.49. The molecule has 0 saturated carbocycles. The van der Waals surface area contributed by atoms with E-state index in [0.717, 1.165) is 8.95 Å². The molecular weight excluding hydrogens is 368 g/mol. The number of primary amides is 1. The van der Waals surface area contributed by atoms with E-state index < -0.39 is 5.91 Å². The first-order valence-electron chi connectivity index (χ1n) is 5.09. The molecule has 0 aliphatic carbocycles. The van der Waals surface area contributed by atoms with Gasteiger partial charge in [-0.2, -0.15) is 0 Å². The molecule has 0 atom stereocenters. The van der Waals surface area contributed by atoms with Crippen LogP contribution in [0.25, 0.3) is 0 Å². The highest BCUT2D eigenvalue weighted by Gasteiger charge is 2.06. The monoisotopic (exact) mass is 378 g/mol. The Labute approximate surface area is 121 Å². The number of ether oxygens (including phenoxy) is 1. The number of nitrogens with one attached hydrogen (secondary N) is 1. The Hall–Kier alpha value is -0.920. The molecule has 0 radical (unpaired) electrons. The van der Waals surface area contributed by atoms with Gasteiger partial charge >= 0.3 is 0 Å². The Morgan fingerprint density at radius 3 is 2.39 bits per heavy atom. The van der Waals surface area contributed by atoms with Gasteiger partial charge in [0.1, 0.15) is 6.61 Å². The molecule has 5 nitrogen and oxygen atoms in total. The Bertz CT molecular complexity index is 432. The Morgan fingerprint density at radius 1 is 1.22 bits per heavy atom. The largest absolute Gasteiger partial charge is 0.370 e. The minimum absolute atomic E-state index is 0.141. The molecule has 0 aliphatic rings. The smallest absolute Gasteiger partial charge is 0.251 e. The summed E-state index contributed by atoms with van der Waals surface area (Å²) < 4.78 is 6.55. The molecule has 1 aromatic rings. The molecule has 1 rings (SSSR count). The van der Waals surface area contributed by atoms with Gasteiger partial charge in [0.2, 0.25) is 5.91 Å². The van der Waals surface area contributed by atoms with Crippen LogP contribution in [0.2, 0.25) is 0 Å². The van der Waals surface area contributed by atoms with Crippen LogP contribution in [0.4, 0.5) is 0 Å². The molecule has 1 aromatic carbocycles. The topological polar surface area (TPSA) is 81.4 Å². The fraction of sp³-hybridized carbons (Fsp3) is 0.273. The maximum absolute atomic E-state index is 11.7. The lowest BCUT2D eigenvalue weighted by molar-refractivity contribution is -0.122. The van der Waals surface area contributed by atoms with Gasteiger partial charge in [0.15, 0.2) is 0 Å². The highest BCUT2D eigenvalue weighted by atomic mass is 79.9. The summed E-state index contributed by atoms with van der Waals surface area (Å²) in [5, 5.41) is 2.67. The van der Waals surface area contributed by atoms with Gasteiger partial charge in [-0.15, -0.1) is 0 Å². The molecule has 0 aliphatic heterocycles. The van der Waals surface area contributed by atoms with Crippen LogP contribution >= 0.6 is 31.9 Å². The average Bonchev–Trinajstić information content (AvgIpc) is 2.26. The molecular formula is C11H12Br2N2O3. The van der Waals surface area contributed by atoms with E-state index in [2.05, 4.69) is 37.2 Å². The fourth-order valence-electron chi connectivity index (χ4n) is 1.20. The first-order valence-corrected chi connectivity index (χ1v) is 6.68. The van der Waals surface area contributed by atoms with Crippen LogP contribution in [0.3, 0.4) is 0 Å². The molecule has 0 spiro atoms. The Balaban J connectivity index is 2.38. The molecule has 7 heteroatoms. The van der Waals surface area contributed by atoms with Crippen molar-refractivity contribution in [2.75, 3.05) is 19.8 Å². The molecule has 0 aromatic heterocycles. The number of amides is 2. The summed E-state index contributed by atoms with van der Waals surface area (Å²) in [5.74, 6) is -0.739. The Morgan fingerprint density at radius 2 is 1.83 bits per heavy atom. The van der Waals surface area contributed by atoms with Gasteiger partial charge < -0.3 is 15.8 Å². The number of carbonyl (C=O) groups excluding carboxylic acids is 2. The lowest BCUT2D eigenvalue weighted by Gasteiger charge is -2.06. The van der Waals surface area contributed by atoms with Crippen LogP contribution in [0, 0.1) is 0 Å². The number of rotatable bonds is 6. The van der Waals surface area contributed by atoms with E-state index >= 15 is 0 Å². The van der Waals surface area contributed by atoms with Gasteiger partial charge in [-0.25, -0.2) is 0 Å². The van der Waals surface area contributed by atoms with Crippen molar-refractivity contribution in [2.24, 2.45) is 5.73 Å². The molecule has 98 valence electrons. The SMILES string of the molecule is NC(=O)COCCNC(=O)c1cc(Br)cc(Br)c1. The van der Waals surface area contributed by atoms with Crippen molar-refractivity contribution in [2.45, 2.75) is 0 Å². The van der Waals surface area contributed by atoms with Crippen molar-refractivity contribution in [3.8, 4) is 0 Å². The third-order valence-electron chi connectivity index (χ3n) is 1.90. The standard InChI is InChI=1S/C11H12Br2N2O3/c12-8-3-7(4-9(13)5-8)11(17)15-1-2-18-6-10(14)16/h3-5H,1-2,6H2,(H2,14,16)(H,15,17). The van der Waals surface area contributed by atoms with Crippen LogP contribution < -0.4 is 11.1 Å². The zero-order chi connectivity index (χ0) is 13.5. The molecule has 0 saturated heterocycles. The number of hydrogen-bond donors (Lipinski definition) is 2. The lowest BCUT2D eigenvalue weighted by Crippen LogP contribution is -2.28. The van der Waals surface area contributed by atoms with E-state index in [-0.39, 0.29) is 19.1 Å². The third-order valence-corrected chi connectivity index (χ3v) is 2.82. The van der Waals surface area contributed by atoms with Crippen LogP contribution in [0.15, 0.2) is 27.1 Å². The average molecular weight is 380 g/mol. The van der Waals surface area contributed by atoms with Crippen molar-refractivity contribution < 1.29 is 14.3 Å². The number of hydrogen-bond acceptors (Lipinski definition) is 3. The van der Waals surface area contributed by atoms with Crippen molar-refractivity contribution >= 4 is 43.7 Å². The molecule has 3 N–H and O–H groups in total. The van der Waals surface area contributed by atoms with Gasteiger partial charge in [-0.1, -0.05) is 31.9 Å². The molecule has 2 amide bonds. The van der Waals surface area contributed by atoms with Gasteiger partial charge in [0, 0.05) is 21.1 Å². The first-order chi connectivity index (χ1) is 8.49. The summed E-state index contributed by atoms with van der Waals surface area (Å²) in [7, 11) is 0. The summed E-state index contributed by atoms with van der Waals surface area (Å²) in [6.45, 7) is 0.415. The molecule has 0 bridgehead atoms. The van der Waals surface area contributed by atoms with Crippen LogP contribution in [0.5, 0.6) is 0 Å². The summed E-state index contributed by atoms with van der Waals surface area (Å²) in [6, 6.07) is 5.27. The van der Waals surface area contributed by atoms with Crippen molar-refractivity contribution in [3.63, 3.8) is 0 Å². The van der Waals surface area contributed by atoms with E-state index in [1.54, 1.807) is 12.1 Å². The van der Waals surface area contributed by atoms with E-state index in [1.807, 2.05) is 6.07 Å². The van der Waals surface area contributed by atoms with Crippen LogP contribution in [-0.2, 0) is 9.53 Å². The maximum Gasteiger partial charge on any atom is 0.251 e. The van der Waals surface area contributed by atoms with Gasteiger partial charge in [-0.3, -0.25) is 9.59 Å². The number of carbonyl (C=O) groups is 2. The van der Waals surface area contributed by atoms with Crippen LogP contribution in [0.1, 0.15) is 10.4 Å². The maximum atomic E-state index is 11.7. The van der Waals surface area contributed by atoms with E-state index in [0.29, 0.717) is 12.1 Å². The van der Waals surface area contributed by atoms with Crippen molar-refractivity contribution in [1.82, 2.24) is 5.32 Å². The molecule has 18 heavy (non-hydrogen) atoms. The second-order valence-electron chi connectivity index (χ2n) is 3.43. The van der Waals surface area contributed by atoms with Crippen LogP contribution in [-0.4, -0.2) is 31.6 Å². The zero-order valence-electron chi connectivity index (χ0n) is 9.41. The lowest BCUT2D eigenvalue weighted by atomic mass is 10.2. The highest BCUT2D eigenvalue weighted by Crippen LogP contribution is 2.19. The van der Waals surface area contributed by atoms with Crippen molar-refractivity contribution in [3.05, 3.63) is 32.7 Å². The number of benzene rings is 1. The van der Waals surface area contributed by atoms with E-state index in [9.17, 15) is 9.59 Å². The van der Waals surface area contributed by atoms with Gasteiger partial charge in [0.25, 0.3) is 5.91 Å². The van der Waals surface area contributed by atoms with E-state index in [1.165, 1.54) is 0 Å². The summed E-state index contributed by atoms with van der Waals surface area (Å²) in [6.07, 6.45) is 0. The zero-order valence-corrected chi connectivity index (χ0v) is 12.6. The quantitative estimate of drug-likeness (QED) is 0.734. The molecule has 0 unspecified atom stereocenters. The normalized spacial score (nSPS) is 10.1. The minimum atomic E-state index is -0.530. The molecule has 0 fully saturated rings. The second kappa shape index (κ2) is 7.50. The van der Waals surface area contributed by atoms with Gasteiger partial charge in [-0.05, 0) is 18.2 Å².